The van der Waals surface area contributed by atoms with Gasteiger partial charge in [0.05, 0.1) is 31.2 Å². The predicted molar refractivity (Wildman–Crippen MR) is 106 cm³/mol. The van der Waals surface area contributed by atoms with Crippen LogP contribution in [0.2, 0.25) is 0 Å². The summed E-state index contributed by atoms with van der Waals surface area (Å²) in [5.41, 5.74) is 10.8. The van der Waals surface area contributed by atoms with E-state index in [1.807, 2.05) is 0 Å². The molecule has 31 heavy (non-hydrogen) atoms. The molecule has 3 rings (SSSR count). The molecule has 2 aromatic heterocycles. The molecule has 6 N–H and O–H groups in total. The zero-order valence-electron chi connectivity index (χ0n) is 16.4. The first-order chi connectivity index (χ1) is 14.6. The first-order valence-corrected chi connectivity index (χ1v) is 9.22. The molecule has 0 aromatic carbocycles. The number of alkyl halides is 2. The van der Waals surface area contributed by atoms with Gasteiger partial charge in [0.1, 0.15) is 17.6 Å². The van der Waals surface area contributed by atoms with Gasteiger partial charge in [-0.05, 0) is 18.6 Å². The molecule has 1 atom stereocenters. The number of amides is 3. The normalized spacial score (nSPS) is 15.5. The van der Waals surface area contributed by atoms with Crippen LogP contribution in [0.3, 0.4) is 0 Å². The van der Waals surface area contributed by atoms with Crippen molar-refractivity contribution >= 4 is 35.0 Å². The maximum Gasteiger partial charge on any atom is 0.282 e. The van der Waals surface area contributed by atoms with Gasteiger partial charge < -0.3 is 27.0 Å². The lowest BCUT2D eigenvalue weighted by atomic mass is 10.1. The predicted octanol–water partition coefficient (Wildman–Crippen LogP) is 0.481. The van der Waals surface area contributed by atoms with E-state index in [1.165, 1.54) is 24.5 Å². The second-order valence-corrected chi connectivity index (χ2v) is 6.90. The number of carbonyl (C=O) groups is 3. The van der Waals surface area contributed by atoms with Gasteiger partial charge in [-0.1, -0.05) is 6.92 Å². The molecule has 164 valence electrons. The van der Waals surface area contributed by atoms with Crippen molar-refractivity contribution in [1.29, 1.82) is 0 Å². The van der Waals surface area contributed by atoms with Crippen molar-refractivity contribution in [2.45, 2.75) is 25.3 Å². The Balaban J connectivity index is 1.77. The Morgan fingerprint density at radius 3 is 2.42 bits per heavy atom. The van der Waals surface area contributed by atoms with E-state index in [4.69, 9.17) is 11.5 Å². The molecule has 0 bridgehead atoms. The lowest BCUT2D eigenvalue weighted by molar-refractivity contribution is -0.118. The summed E-state index contributed by atoms with van der Waals surface area (Å²) >= 11 is 0. The van der Waals surface area contributed by atoms with Crippen molar-refractivity contribution in [2.24, 2.45) is 11.5 Å². The third-order valence-corrected chi connectivity index (χ3v) is 4.46. The fourth-order valence-electron chi connectivity index (χ4n) is 2.83. The van der Waals surface area contributed by atoms with Gasteiger partial charge in [-0.3, -0.25) is 14.4 Å². The molecule has 0 unspecified atom stereocenters. The summed E-state index contributed by atoms with van der Waals surface area (Å²) in [4.78, 5) is 48.4. The number of nitrogens with two attached hydrogens (primary N) is 2. The third kappa shape index (κ3) is 4.99. The number of likely N-dealkylation sites (tertiary alicyclic amines) is 1. The summed E-state index contributed by atoms with van der Waals surface area (Å²) in [7, 11) is 0. The largest absolute Gasteiger partial charge is 0.368 e. The van der Waals surface area contributed by atoms with Gasteiger partial charge in [-0.25, -0.2) is 23.7 Å². The number of carbonyl (C=O) groups excluding carboxylic acids is 3. The summed E-state index contributed by atoms with van der Waals surface area (Å²) < 4.78 is 25.9. The number of hydrogen-bond donors (Lipinski definition) is 4. The summed E-state index contributed by atoms with van der Waals surface area (Å²) in [5.74, 6) is -4.75. The first kappa shape index (κ1) is 21.8. The van der Waals surface area contributed by atoms with Crippen molar-refractivity contribution in [3.63, 3.8) is 0 Å². The maximum atomic E-state index is 12.9. The average Bonchev–Trinajstić information content (AvgIpc) is 2.70. The zero-order chi connectivity index (χ0) is 22.8. The van der Waals surface area contributed by atoms with E-state index in [0.29, 0.717) is 12.1 Å². The average molecular weight is 434 g/mol. The van der Waals surface area contributed by atoms with Crippen LogP contribution in [0, 0.1) is 0 Å². The van der Waals surface area contributed by atoms with Crippen LogP contribution in [-0.2, 0) is 4.79 Å². The van der Waals surface area contributed by atoms with E-state index in [1.54, 1.807) is 6.92 Å². The van der Waals surface area contributed by atoms with Crippen molar-refractivity contribution < 1.29 is 23.2 Å². The van der Waals surface area contributed by atoms with E-state index in [0.717, 1.165) is 4.90 Å². The zero-order valence-corrected chi connectivity index (χ0v) is 16.4. The Morgan fingerprint density at radius 1 is 1.19 bits per heavy atom. The van der Waals surface area contributed by atoms with E-state index in [9.17, 15) is 23.2 Å². The monoisotopic (exact) mass is 434 g/mol. The van der Waals surface area contributed by atoms with Crippen LogP contribution in [0.1, 0.15) is 34.3 Å². The molecule has 11 nitrogen and oxygen atoms in total. The lowest BCUT2D eigenvalue weighted by Crippen LogP contribution is -2.58. The lowest BCUT2D eigenvalue weighted by Gasteiger charge is -2.38. The molecule has 1 saturated heterocycles. The van der Waals surface area contributed by atoms with Gasteiger partial charge in [-0.2, -0.15) is 0 Å². The molecule has 3 heterocycles. The second-order valence-electron chi connectivity index (χ2n) is 6.90. The smallest absolute Gasteiger partial charge is 0.282 e. The van der Waals surface area contributed by atoms with Crippen LogP contribution in [0.25, 0.3) is 0 Å². The van der Waals surface area contributed by atoms with Gasteiger partial charge in [0.2, 0.25) is 5.91 Å². The van der Waals surface area contributed by atoms with E-state index >= 15 is 0 Å². The number of hydrogen-bond acceptors (Lipinski definition) is 8. The quantitative estimate of drug-likeness (QED) is 0.465. The SMILES string of the molecule is CC[C@@H](Nc1cnc(C(N)=O)c(Nc2ccc(C(=O)N3CC(F)(F)C3)nc2)n1)C(N)=O. The minimum absolute atomic E-state index is 0.00933. The van der Waals surface area contributed by atoms with Crippen LogP contribution in [-0.4, -0.2) is 62.6 Å². The molecular formula is C18H20F2N8O3. The number of rotatable bonds is 8. The van der Waals surface area contributed by atoms with Gasteiger partial charge in [0.25, 0.3) is 17.7 Å². The topological polar surface area (TPSA) is 169 Å². The number of halogens is 2. The molecule has 13 heteroatoms. The molecule has 0 radical (unpaired) electrons. The highest BCUT2D eigenvalue weighted by atomic mass is 19.3. The standard InChI is InChI=1S/C18H20F2N8O3/c1-2-10(14(21)29)26-12-6-24-13(15(22)30)16(27-12)25-9-3-4-11(23-5-9)17(31)28-7-18(19,20)8-28/h3-6,10H,2,7-8H2,1H3,(H2,21,29)(H2,22,30)(H2,25,26,27)/t10-/m1/s1. The Kier molecular flexibility index (Phi) is 5.95. The van der Waals surface area contributed by atoms with Crippen LogP contribution < -0.4 is 22.1 Å². The van der Waals surface area contributed by atoms with Crippen molar-refractivity contribution in [3.8, 4) is 0 Å². The fourth-order valence-corrected chi connectivity index (χ4v) is 2.83. The Morgan fingerprint density at radius 2 is 1.90 bits per heavy atom. The Labute approximate surface area is 175 Å². The van der Waals surface area contributed by atoms with Crippen LogP contribution in [0.15, 0.2) is 24.5 Å². The van der Waals surface area contributed by atoms with Crippen LogP contribution in [0.5, 0.6) is 0 Å². The number of nitrogens with one attached hydrogen (secondary N) is 2. The number of primary amides is 2. The molecule has 0 aliphatic carbocycles. The van der Waals surface area contributed by atoms with Crippen LogP contribution in [0.4, 0.5) is 26.1 Å². The molecular weight excluding hydrogens is 414 g/mol. The van der Waals surface area contributed by atoms with E-state index in [-0.39, 0.29) is 23.0 Å². The Bertz CT molecular complexity index is 1010. The summed E-state index contributed by atoms with van der Waals surface area (Å²) in [6, 6.07) is 2.12. The molecule has 0 saturated carbocycles. The summed E-state index contributed by atoms with van der Waals surface area (Å²) in [6.45, 7) is 0.465. The van der Waals surface area contributed by atoms with Gasteiger partial charge in [0, 0.05) is 0 Å². The highest BCUT2D eigenvalue weighted by Crippen LogP contribution is 2.28. The molecule has 1 aliphatic heterocycles. The van der Waals surface area contributed by atoms with Gasteiger partial charge in [0.15, 0.2) is 11.5 Å². The number of nitrogens with zero attached hydrogens (tertiary/aromatic N) is 4. The van der Waals surface area contributed by atoms with Crippen LogP contribution >= 0.6 is 0 Å². The first-order valence-electron chi connectivity index (χ1n) is 9.22. The van der Waals surface area contributed by atoms with Gasteiger partial charge in [-0.15, -0.1) is 0 Å². The molecule has 2 aromatic rings. The van der Waals surface area contributed by atoms with Crippen molar-refractivity contribution in [2.75, 3.05) is 23.7 Å². The summed E-state index contributed by atoms with van der Waals surface area (Å²) in [5, 5.41) is 5.62. The van der Waals surface area contributed by atoms with Gasteiger partial charge >= 0.3 is 0 Å². The molecule has 0 spiro atoms. The molecule has 1 fully saturated rings. The third-order valence-electron chi connectivity index (χ3n) is 4.46. The fraction of sp³-hybridized carbons (Fsp3) is 0.333. The summed E-state index contributed by atoms with van der Waals surface area (Å²) in [6.07, 6.45) is 2.91. The second kappa shape index (κ2) is 8.45. The molecule has 3 amide bonds. The Hall–Kier alpha value is -3.90. The van der Waals surface area contributed by atoms with Crippen molar-refractivity contribution in [1.82, 2.24) is 19.9 Å². The number of aromatic nitrogens is 3. The van der Waals surface area contributed by atoms with E-state index < -0.39 is 42.8 Å². The minimum Gasteiger partial charge on any atom is -0.368 e. The molecule has 1 aliphatic rings. The highest BCUT2D eigenvalue weighted by Gasteiger charge is 2.46. The highest BCUT2D eigenvalue weighted by molar-refractivity contribution is 5.96. The minimum atomic E-state index is -2.87. The number of anilines is 3. The van der Waals surface area contributed by atoms with E-state index in [2.05, 4.69) is 25.6 Å². The van der Waals surface area contributed by atoms with Crippen molar-refractivity contribution in [3.05, 3.63) is 35.9 Å². The maximum absolute atomic E-state index is 12.9. The number of pyridine rings is 1.